The fourth-order valence-electron chi connectivity index (χ4n) is 1.72. The highest BCUT2D eigenvalue weighted by atomic mass is 16.6. The van der Waals surface area contributed by atoms with Crippen LogP contribution in [-0.4, -0.2) is 26.2 Å². The SMILES string of the molecule is CCN(c1ccccc1)c1nc([N+](=O)[O-])nn1C. The lowest BCUT2D eigenvalue weighted by molar-refractivity contribution is -0.394. The van der Waals surface area contributed by atoms with Crippen molar-refractivity contribution < 1.29 is 4.92 Å². The third-order valence-corrected chi connectivity index (χ3v) is 2.52. The molecule has 0 atom stereocenters. The number of para-hydroxylation sites is 1. The zero-order valence-electron chi connectivity index (χ0n) is 10.1. The minimum Gasteiger partial charge on any atom is -0.390 e. The minimum atomic E-state index is -0.595. The van der Waals surface area contributed by atoms with Gasteiger partial charge in [-0.15, -0.1) is 0 Å². The first kappa shape index (κ1) is 12.0. The van der Waals surface area contributed by atoms with Gasteiger partial charge in [0.05, 0.1) is 0 Å². The first-order valence-electron chi connectivity index (χ1n) is 5.51. The van der Waals surface area contributed by atoms with Crippen molar-refractivity contribution in [3.05, 3.63) is 40.4 Å². The van der Waals surface area contributed by atoms with Gasteiger partial charge in [0, 0.05) is 24.4 Å². The molecule has 0 aliphatic heterocycles. The van der Waals surface area contributed by atoms with E-state index in [2.05, 4.69) is 10.1 Å². The van der Waals surface area contributed by atoms with Crippen molar-refractivity contribution in [1.29, 1.82) is 0 Å². The van der Waals surface area contributed by atoms with E-state index in [1.807, 2.05) is 42.2 Å². The van der Waals surface area contributed by atoms with E-state index in [0.717, 1.165) is 5.69 Å². The van der Waals surface area contributed by atoms with Crippen LogP contribution in [0.15, 0.2) is 30.3 Å². The average molecular weight is 247 g/mol. The lowest BCUT2D eigenvalue weighted by Gasteiger charge is -2.18. The third kappa shape index (κ3) is 2.15. The van der Waals surface area contributed by atoms with E-state index < -0.39 is 4.92 Å². The van der Waals surface area contributed by atoms with Gasteiger partial charge in [0.1, 0.15) is 0 Å². The van der Waals surface area contributed by atoms with Gasteiger partial charge in [0.15, 0.2) is 0 Å². The molecule has 1 aromatic carbocycles. The second kappa shape index (κ2) is 4.82. The number of nitrogens with zero attached hydrogens (tertiary/aromatic N) is 5. The molecule has 0 fully saturated rings. The van der Waals surface area contributed by atoms with Crippen LogP contribution in [0.1, 0.15) is 6.92 Å². The number of aromatic nitrogens is 3. The summed E-state index contributed by atoms with van der Waals surface area (Å²) in [6.07, 6.45) is 0. The van der Waals surface area contributed by atoms with Gasteiger partial charge < -0.3 is 10.1 Å². The van der Waals surface area contributed by atoms with Crippen molar-refractivity contribution in [3.63, 3.8) is 0 Å². The van der Waals surface area contributed by atoms with E-state index in [1.54, 1.807) is 7.05 Å². The molecule has 0 bridgehead atoms. The van der Waals surface area contributed by atoms with Crippen LogP contribution >= 0.6 is 0 Å². The normalized spacial score (nSPS) is 10.3. The maximum atomic E-state index is 10.7. The summed E-state index contributed by atoms with van der Waals surface area (Å²) in [6, 6.07) is 9.57. The largest absolute Gasteiger partial charge is 0.493 e. The molecule has 7 heteroatoms. The van der Waals surface area contributed by atoms with Gasteiger partial charge in [-0.25, -0.2) is 0 Å². The standard InChI is InChI=1S/C11H13N5O2/c1-3-15(9-7-5-4-6-8-9)11-12-10(16(17)18)13-14(11)2/h4-8H,3H2,1-2H3. The molecular formula is C11H13N5O2. The van der Waals surface area contributed by atoms with Crippen LogP contribution in [0, 0.1) is 10.1 Å². The van der Waals surface area contributed by atoms with Gasteiger partial charge in [-0.2, -0.15) is 4.68 Å². The number of nitro groups is 1. The van der Waals surface area contributed by atoms with Crippen LogP contribution in [-0.2, 0) is 7.05 Å². The summed E-state index contributed by atoms with van der Waals surface area (Å²) in [6.45, 7) is 2.60. The molecule has 18 heavy (non-hydrogen) atoms. The Morgan fingerprint density at radius 2 is 2.06 bits per heavy atom. The summed E-state index contributed by atoms with van der Waals surface area (Å²) in [5.41, 5.74) is 0.922. The molecule has 1 aromatic heterocycles. The molecule has 0 spiro atoms. The number of aryl methyl sites for hydroxylation is 1. The topological polar surface area (TPSA) is 77.1 Å². The fourth-order valence-corrected chi connectivity index (χ4v) is 1.72. The van der Waals surface area contributed by atoms with Gasteiger partial charge in [-0.3, -0.25) is 4.90 Å². The fraction of sp³-hybridized carbons (Fsp3) is 0.273. The molecular weight excluding hydrogens is 234 g/mol. The van der Waals surface area contributed by atoms with Crippen LogP contribution < -0.4 is 4.90 Å². The van der Waals surface area contributed by atoms with E-state index in [9.17, 15) is 10.1 Å². The van der Waals surface area contributed by atoms with Crippen LogP contribution in [0.2, 0.25) is 0 Å². The van der Waals surface area contributed by atoms with Gasteiger partial charge in [-0.05, 0) is 29.0 Å². The van der Waals surface area contributed by atoms with Crippen molar-refractivity contribution in [2.75, 3.05) is 11.4 Å². The van der Waals surface area contributed by atoms with E-state index in [1.165, 1.54) is 4.68 Å². The highest BCUT2D eigenvalue weighted by Crippen LogP contribution is 2.23. The Hall–Kier alpha value is -2.44. The van der Waals surface area contributed by atoms with Crippen LogP contribution in [0.5, 0.6) is 0 Å². The molecule has 7 nitrogen and oxygen atoms in total. The number of anilines is 2. The molecule has 0 radical (unpaired) electrons. The summed E-state index contributed by atoms with van der Waals surface area (Å²) >= 11 is 0. The van der Waals surface area contributed by atoms with Crippen molar-refractivity contribution >= 4 is 17.6 Å². The highest BCUT2D eigenvalue weighted by Gasteiger charge is 2.24. The Labute approximate surface area is 104 Å². The molecule has 0 saturated carbocycles. The summed E-state index contributed by atoms with van der Waals surface area (Å²) < 4.78 is 1.41. The summed E-state index contributed by atoms with van der Waals surface area (Å²) in [7, 11) is 1.64. The quantitative estimate of drug-likeness (QED) is 0.609. The van der Waals surface area contributed by atoms with E-state index in [-0.39, 0.29) is 5.95 Å². The minimum absolute atomic E-state index is 0.387. The summed E-state index contributed by atoms with van der Waals surface area (Å²) in [4.78, 5) is 15.9. The third-order valence-electron chi connectivity index (χ3n) is 2.52. The Bertz CT molecular complexity index is 552. The summed E-state index contributed by atoms with van der Waals surface area (Å²) in [5, 5.41) is 14.4. The van der Waals surface area contributed by atoms with E-state index in [4.69, 9.17) is 0 Å². The second-order valence-electron chi connectivity index (χ2n) is 3.67. The van der Waals surface area contributed by atoms with Gasteiger partial charge in [0.25, 0.3) is 0 Å². The van der Waals surface area contributed by atoms with E-state index >= 15 is 0 Å². The maximum absolute atomic E-state index is 10.7. The summed E-state index contributed by atoms with van der Waals surface area (Å²) in [5.74, 6) is 0.0669. The molecule has 0 amide bonds. The van der Waals surface area contributed by atoms with Crippen molar-refractivity contribution in [1.82, 2.24) is 14.8 Å². The molecule has 1 heterocycles. The zero-order chi connectivity index (χ0) is 13.1. The lowest BCUT2D eigenvalue weighted by atomic mass is 10.3. The van der Waals surface area contributed by atoms with Crippen molar-refractivity contribution in [2.45, 2.75) is 6.92 Å². The Morgan fingerprint density at radius 3 is 2.56 bits per heavy atom. The second-order valence-corrected chi connectivity index (χ2v) is 3.67. The number of benzene rings is 1. The van der Waals surface area contributed by atoms with Crippen LogP contribution in [0.25, 0.3) is 0 Å². The average Bonchev–Trinajstić information content (AvgIpc) is 2.74. The first-order chi connectivity index (χ1) is 8.63. The Kier molecular flexibility index (Phi) is 3.22. The van der Waals surface area contributed by atoms with Crippen LogP contribution in [0.3, 0.4) is 0 Å². The lowest BCUT2D eigenvalue weighted by Crippen LogP contribution is -2.19. The number of hydrogen-bond acceptors (Lipinski definition) is 5. The maximum Gasteiger partial charge on any atom is 0.493 e. The zero-order valence-corrected chi connectivity index (χ0v) is 10.1. The molecule has 94 valence electrons. The molecule has 0 N–H and O–H groups in total. The molecule has 0 aliphatic rings. The predicted octanol–water partition coefficient (Wildman–Crippen LogP) is 1.88. The molecule has 2 rings (SSSR count). The molecule has 0 aliphatic carbocycles. The predicted molar refractivity (Wildman–Crippen MR) is 66.8 cm³/mol. The molecule has 2 aromatic rings. The Balaban J connectivity index is 2.42. The Morgan fingerprint density at radius 1 is 1.39 bits per heavy atom. The number of hydrogen-bond donors (Lipinski definition) is 0. The monoisotopic (exact) mass is 247 g/mol. The smallest absolute Gasteiger partial charge is 0.390 e. The molecule has 0 unspecified atom stereocenters. The van der Waals surface area contributed by atoms with Gasteiger partial charge in [0.2, 0.25) is 0 Å². The highest BCUT2D eigenvalue weighted by molar-refractivity contribution is 5.57. The van der Waals surface area contributed by atoms with Crippen LogP contribution in [0.4, 0.5) is 17.6 Å². The van der Waals surface area contributed by atoms with Crippen molar-refractivity contribution in [2.24, 2.45) is 7.05 Å². The van der Waals surface area contributed by atoms with E-state index in [0.29, 0.717) is 12.5 Å². The van der Waals surface area contributed by atoms with Gasteiger partial charge >= 0.3 is 11.9 Å². The van der Waals surface area contributed by atoms with Gasteiger partial charge in [-0.1, -0.05) is 18.2 Å². The first-order valence-corrected chi connectivity index (χ1v) is 5.51. The molecule has 0 saturated heterocycles. The number of rotatable bonds is 4. The van der Waals surface area contributed by atoms with Crippen molar-refractivity contribution in [3.8, 4) is 0 Å².